The normalized spacial score (nSPS) is 16.9. The Bertz CT molecular complexity index is 765. The number of amides is 2. The molecule has 0 aromatic heterocycles. The highest BCUT2D eigenvalue weighted by molar-refractivity contribution is 9.09. The first-order valence-electron chi connectivity index (χ1n) is 9.05. The third kappa shape index (κ3) is 5.57. The summed E-state index contributed by atoms with van der Waals surface area (Å²) in [6.07, 6.45) is 1.42. The van der Waals surface area contributed by atoms with Gasteiger partial charge in [0.25, 0.3) is 0 Å². The van der Waals surface area contributed by atoms with Gasteiger partial charge in [-0.2, -0.15) is 0 Å². The minimum absolute atomic E-state index is 0.0453. The van der Waals surface area contributed by atoms with Crippen LogP contribution in [0.2, 0.25) is 0 Å². The summed E-state index contributed by atoms with van der Waals surface area (Å²) < 4.78 is 5.64. The van der Waals surface area contributed by atoms with Gasteiger partial charge in [-0.05, 0) is 29.7 Å². The maximum absolute atomic E-state index is 12.8. The van der Waals surface area contributed by atoms with Crippen molar-refractivity contribution in [3.05, 3.63) is 65.7 Å². The molecule has 1 aliphatic rings. The Morgan fingerprint density at radius 2 is 1.78 bits per heavy atom. The van der Waals surface area contributed by atoms with Crippen LogP contribution in [-0.4, -0.2) is 41.2 Å². The van der Waals surface area contributed by atoms with Crippen molar-refractivity contribution in [1.82, 2.24) is 10.2 Å². The first-order valence-corrected chi connectivity index (χ1v) is 10.2. The molecule has 5 nitrogen and oxygen atoms in total. The maximum Gasteiger partial charge on any atom is 0.246 e. The van der Waals surface area contributed by atoms with E-state index in [-0.39, 0.29) is 18.4 Å². The van der Waals surface area contributed by atoms with Crippen LogP contribution in [-0.2, 0) is 22.6 Å². The van der Waals surface area contributed by atoms with Crippen molar-refractivity contribution in [3.8, 4) is 5.75 Å². The SMILES string of the molecule is O=C1CN(Cc2ccccc2)C(=O)C(Cc2ccc(OCCCBr)cc2)N1. The molecule has 2 aromatic rings. The molecule has 3 rings (SSSR count). The molecule has 1 atom stereocenters. The number of ether oxygens (including phenoxy) is 1. The standard InChI is InChI=1S/C21H23BrN2O3/c22-11-4-12-27-18-9-7-16(8-10-18)13-19-21(26)24(15-20(25)23-19)14-17-5-2-1-3-6-17/h1-3,5-10,19H,4,11-15H2,(H,23,25). The summed E-state index contributed by atoms with van der Waals surface area (Å²) in [5, 5.41) is 3.73. The molecule has 1 aliphatic heterocycles. The van der Waals surface area contributed by atoms with Crippen LogP contribution < -0.4 is 10.1 Å². The van der Waals surface area contributed by atoms with Crippen LogP contribution in [0.4, 0.5) is 0 Å². The summed E-state index contributed by atoms with van der Waals surface area (Å²) in [7, 11) is 0. The van der Waals surface area contributed by atoms with Crippen molar-refractivity contribution in [1.29, 1.82) is 0 Å². The fraction of sp³-hybridized carbons (Fsp3) is 0.333. The van der Waals surface area contributed by atoms with E-state index in [2.05, 4.69) is 21.2 Å². The van der Waals surface area contributed by atoms with Gasteiger partial charge in [0.1, 0.15) is 11.8 Å². The molecule has 1 N–H and O–H groups in total. The van der Waals surface area contributed by atoms with E-state index in [1.54, 1.807) is 4.90 Å². The van der Waals surface area contributed by atoms with Gasteiger partial charge in [-0.3, -0.25) is 9.59 Å². The van der Waals surface area contributed by atoms with Crippen molar-refractivity contribution < 1.29 is 14.3 Å². The van der Waals surface area contributed by atoms with Crippen LogP contribution in [0.3, 0.4) is 0 Å². The fourth-order valence-electron chi connectivity index (χ4n) is 3.05. The predicted octanol–water partition coefficient (Wildman–Crippen LogP) is 2.92. The van der Waals surface area contributed by atoms with Crippen LogP contribution >= 0.6 is 15.9 Å². The maximum atomic E-state index is 12.8. The minimum atomic E-state index is -0.532. The quantitative estimate of drug-likeness (QED) is 0.517. The number of benzene rings is 2. The molecule has 1 heterocycles. The van der Waals surface area contributed by atoms with E-state index in [0.717, 1.165) is 28.6 Å². The van der Waals surface area contributed by atoms with Gasteiger partial charge in [-0.25, -0.2) is 0 Å². The van der Waals surface area contributed by atoms with Crippen LogP contribution in [0.5, 0.6) is 5.75 Å². The number of nitrogens with one attached hydrogen (secondary N) is 1. The molecule has 0 saturated carbocycles. The number of carbonyl (C=O) groups is 2. The minimum Gasteiger partial charge on any atom is -0.494 e. The van der Waals surface area contributed by atoms with Crippen molar-refractivity contribution in [3.63, 3.8) is 0 Å². The number of halogens is 1. The molecule has 2 amide bonds. The van der Waals surface area contributed by atoms with Crippen LogP contribution in [0, 0.1) is 0 Å². The average molecular weight is 431 g/mol. The van der Waals surface area contributed by atoms with Gasteiger partial charge in [0.2, 0.25) is 11.8 Å². The third-order valence-electron chi connectivity index (χ3n) is 4.41. The van der Waals surface area contributed by atoms with E-state index in [1.807, 2.05) is 54.6 Å². The van der Waals surface area contributed by atoms with E-state index < -0.39 is 6.04 Å². The fourth-order valence-corrected chi connectivity index (χ4v) is 3.28. The number of hydrogen-bond donors (Lipinski definition) is 1. The molecule has 1 unspecified atom stereocenters. The van der Waals surface area contributed by atoms with Crippen LogP contribution in [0.15, 0.2) is 54.6 Å². The lowest BCUT2D eigenvalue weighted by Gasteiger charge is -2.32. The number of alkyl halides is 1. The van der Waals surface area contributed by atoms with Crippen LogP contribution in [0.25, 0.3) is 0 Å². The summed E-state index contributed by atoms with van der Waals surface area (Å²) in [6, 6.07) is 16.9. The molecule has 6 heteroatoms. The van der Waals surface area contributed by atoms with Gasteiger partial charge in [0, 0.05) is 18.3 Å². The van der Waals surface area contributed by atoms with E-state index in [1.165, 1.54) is 0 Å². The summed E-state index contributed by atoms with van der Waals surface area (Å²) in [6.45, 7) is 1.21. The Kier molecular flexibility index (Phi) is 6.87. The molecule has 0 aliphatic carbocycles. The second-order valence-electron chi connectivity index (χ2n) is 6.54. The molecule has 0 bridgehead atoms. The third-order valence-corrected chi connectivity index (χ3v) is 4.97. The molecule has 27 heavy (non-hydrogen) atoms. The number of nitrogens with zero attached hydrogens (tertiary/aromatic N) is 1. The number of carbonyl (C=O) groups excluding carboxylic acids is 2. The zero-order valence-corrected chi connectivity index (χ0v) is 16.7. The lowest BCUT2D eigenvalue weighted by atomic mass is 10.0. The lowest BCUT2D eigenvalue weighted by molar-refractivity contribution is -0.144. The molecule has 0 radical (unpaired) electrons. The highest BCUT2D eigenvalue weighted by atomic mass is 79.9. The highest BCUT2D eigenvalue weighted by Crippen LogP contribution is 2.16. The second-order valence-corrected chi connectivity index (χ2v) is 7.33. The number of rotatable bonds is 8. The van der Waals surface area contributed by atoms with E-state index in [9.17, 15) is 9.59 Å². The first kappa shape index (κ1) is 19.4. The van der Waals surface area contributed by atoms with E-state index in [4.69, 9.17) is 4.74 Å². The summed E-state index contributed by atoms with van der Waals surface area (Å²) >= 11 is 3.38. The summed E-state index contributed by atoms with van der Waals surface area (Å²) in [4.78, 5) is 26.5. The molecule has 1 saturated heterocycles. The molecule has 142 valence electrons. The van der Waals surface area contributed by atoms with Gasteiger partial charge in [0.15, 0.2) is 0 Å². The Morgan fingerprint density at radius 3 is 2.48 bits per heavy atom. The van der Waals surface area contributed by atoms with E-state index >= 15 is 0 Å². The van der Waals surface area contributed by atoms with Crippen molar-refractivity contribution in [2.24, 2.45) is 0 Å². The smallest absolute Gasteiger partial charge is 0.246 e. The van der Waals surface area contributed by atoms with E-state index in [0.29, 0.717) is 19.6 Å². The molecule has 0 spiro atoms. The molecular weight excluding hydrogens is 408 g/mol. The molecule has 2 aromatic carbocycles. The Hall–Kier alpha value is -2.34. The van der Waals surface area contributed by atoms with Crippen molar-refractivity contribution in [2.45, 2.75) is 25.4 Å². The lowest BCUT2D eigenvalue weighted by Crippen LogP contribution is -2.58. The number of hydrogen-bond acceptors (Lipinski definition) is 3. The average Bonchev–Trinajstić information content (AvgIpc) is 2.68. The highest BCUT2D eigenvalue weighted by Gasteiger charge is 2.32. The first-order chi connectivity index (χ1) is 13.2. The molecular formula is C21H23BrN2O3. The largest absolute Gasteiger partial charge is 0.494 e. The zero-order valence-electron chi connectivity index (χ0n) is 15.1. The predicted molar refractivity (Wildman–Crippen MR) is 108 cm³/mol. The summed E-state index contributed by atoms with van der Waals surface area (Å²) in [5.74, 6) is 0.644. The second kappa shape index (κ2) is 9.55. The monoisotopic (exact) mass is 430 g/mol. The Labute approximate surface area is 167 Å². The molecule has 1 fully saturated rings. The van der Waals surface area contributed by atoms with Gasteiger partial charge < -0.3 is 15.0 Å². The Morgan fingerprint density at radius 1 is 1.04 bits per heavy atom. The topological polar surface area (TPSA) is 58.6 Å². The van der Waals surface area contributed by atoms with Gasteiger partial charge in [-0.15, -0.1) is 0 Å². The zero-order chi connectivity index (χ0) is 19.1. The van der Waals surface area contributed by atoms with Gasteiger partial charge in [0.05, 0.1) is 13.2 Å². The van der Waals surface area contributed by atoms with Gasteiger partial charge >= 0.3 is 0 Å². The Balaban J connectivity index is 1.61. The summed E-state index contributed by atoms with van der Waals surface area (Å²) in [5.41, 5.74) is 2.01. The van der Waals surface area contributed by atoms with Crippen molar-refractivity contribution >= 4 is 27.7 Å². The van der Waals surface area contributed by atoms with Crippen molar-refractivity contribution in [2.75, 3.05) is 18.5 Å². The van der Waals surface area contributed by atoms with Gasteiger partial charge in [-0.1, -0.05) is 58.4 Å². The number of piperazine rings is 1. The van der Waals surface area contributed by atoms with Crippen LogP contribution in [0.1, 0.15) is 17.5 Å².